The summed E-state index contributed by atoms with van der Waals surface area (Å²) in [5.41, 5.74) is 4.16. The fraction of sp³-hybridized carbons (Fsp3) is 0.650. The van der Waals surface area contributed by atoms with E-state index in [1.165, 1.54) is 0 Å². The number of hydrogen-bond donors (Lipinski definition) is 6. The molecule has 0 aromatic heterocycles. The van der Waals surface area contributed by atoms with Crippen LogP contribution in [0, 0.1) is 0 Å². The molecule has 8 rings (SSSR count). The van der Waals surface area contributed by atoms with Crippen molar-refractivity contribution in [1.29, 1.82) is 0 Å². The molecule has 3 aromatic carbocycles. The van der Waals surface area contributed by atoms with Gasteiger partial charge in [0, 0.05) is 43.1 Å². The number of cyclic esters (lactones) is 2. The van der Waals surface area contributed by atoms with Gasteiger partial charge in [0.15, 0.2) is 24.4 Å². The minimum absolute atomic E-state index is 0.0359. The summed E-state index contributed by atoms with van der Waals surface area (Å²) in [4.78, 5) is 73.6. The number of nitrogens with two attached hydrogens (primary N) is 1. The number of carboxylic acids is 2. The first-order valence-electron chi connectivity index (χ1n) is 38.7. The zero-order chi connectivity index (χ0) is 97.7. The van der Waals surface area contributed by atoms with E-state index in [1.54, 1.807) is 13.8 Å². The third-order valence-electron chi connectivity index (χ3n) is 15.5. The van der Waals surface area contributed by atoms with Gasteiger partial charge in [0.25, 0.3) is 0 Å². The van der Waals surface area contributed by atoms with Gasteiger partial charge >= 0.3 is 23.9 Å². The highest BCUT2D eigenvalue weighted by atomic mass is 79.9. The second-order valence-electron chi connectivity index (χ2n) is 29.8. The number of halogens is 22. The predicted molar refractivity (Wildman–Crippen MR) is 544 cm³/mol. The molecule has 3 aromatic rings. The Bertz CT molecular complexity index is 3590. The van der Waals surface area contributed by atoms with Gasteiger partial charge in [-0.05, 0) is 149 Å². The average molecular weight is 2480 g/mol. The second kappa shape index (κ2) is 67.8. The number of rotatable bonds is 32. The van der Waals surface area contributed by atoms with Crippen molar-refractivity contribution in [3.63, 3.8) is 0 Å². The molecule has 5 atom stereocenters. The van der Waals surface area contributed by atoms with E-state index in [2.05, 4.69) is 181 Å². The van der Waals surface area contributed by atoms with Gasteiger partial charge in [0.05, 0.1) is 84.5 Å². The summed E-state index contributed by atoms with van der Waals surface area (Å²) >= 11 is 111. The number of esters is 2. The van der Waals surface area contributed by atoms with E-state index in [0.717, 1.165) is 65.5 Å². The van der Waals surface area contributed by atoms with E-state index in [1.807, 2.05) is 45.9 Å². The molecule has 0 bridgehead atoms. The number of carboxylic acid groups (broad SMARTS) is 2. The zero-order valence-corrected chi connectivity index (χ0v) is 92.4. The van der Waals surface area contributed by atoms with Crippen LogP contribution in [-0.4, -0.2) is 247 Å². The standard InChI is InChI=1S/C31H32Cl6NO3P.C13H18BrCl6NO3.C9H14BrNO2.C5H9BrO3.C5H7BrO3.C5H7BrO2.C5H8O2.C4H11NO.C2H3Cl3O.CH2Cl2/c1-29(2)20-41-28(38-29)26(18-19-27(39-21-30(32,33)34)40-22-31(35,36)37)42(23-12-6-3-7-13-23,24-14-8-4-9-15-24)25-16-10-5-11-17-25;1-11(2)5-24-10(21-11)8(14)3-4-9(22-6-12(15,16)17)23-7-13(18,19)20;1-9(2)6-13-8(11-9)7(10)4-3-5-12;2*6-4(5(8)9)2-1-3-7;6-4-2-1-3-8-5(4)7;6-5-3-1-2-4-7-5;1-4(2,5)3-6;3-2(4,5)1-6;2-1-3/h3-17,27H,18-22H2,1-2H3;8-9H,3-7H2,1-2H3;5,7H,3-4,6H2,1-2H3;4,7H,1-3H2,(H,8,9);3-4H,1-2H2,(H,8,9);4H,1-3H2;1-4H2;6H,3,5H2,1-2H3;6H,1H2;1H2. The molecule has 2 fully saturated rings. The highest BCUT2D eigenvalue weighted by molar-refractivity contribution is 9.10. The molecule has 0 amide bonds. The van der Waals surface area contributed by atoms with Crippen LogP contribution in [0.3, 0.4) is 0 Å². The quantitative estimate of drug-likeness (QED) is 0.0111. The number of aliphatic hydroxyl groups excluding tert-OH is 3. The minimum atomic E-state index is -2.53. The fourth-order valence-electron chi connectivity index (χ4n) is 9.75. The lowest BCUT2D eigenvalue weighted by Crippen LogP contribution is -2.35. The summed E-state index contributed by atoms with van der Waals surface area (Å²) < 4.78 is 41.6. The number of hydrogen-bond acceptors (Lipinski definition) is 22. The Hall–Kier alpha value is 0.600. The second-order valence-corrected chi connectivity index (χ2v) is 52.1. The van der Waals surface area contributed by atoms with Gasteiger partial charge in [0.1, 0.15) is 46.9 Å². The molecule has 0 radical (unpaired) electrons. The van der Waals surface area contributed by atoms with Gasteiger partial charge in [-0.3, -0.25) is 19.2 Å². The maximum absolute atomic E-state index is 10.5. The molecule has 47 heteroatoms. The largest absolute Gasteiger partial charge is 0.480 e. The lowest BCUT2D eigenvalue weighted by atomic mass is 10.1. The van der Waals surface area contributed by atoms with Crippen molar-refractivity contribution in [3.05, 3.63) is 91.0 Å². The Balaban J connectivity index is 0. The number of aliphatic hydroxyl groups is 3. The lowest BCUT2D eigenvalue weighted by Gasteiger charge is -2.33. The Kier molecular flexibility index (Phi) is 69.2. The zero-order valence-electron chi connectivity index (χ0n) is 70.7. The van der Waals surface area contributed by atoms with Gasteiger partial charge in [-0.15, -0.1) is 23.2 Å². The SMILES string of the molecule is CC(C)(N)CO.CC1(C)COC(C(Br)CCC(OCC(Cl)(Cl)Cl)OCC(Cl)(Cl)Cl)=N1.CC1(C)COC(C(Br)CCC=O)=N1.CC1(C)COC(C(CCC(OCC(Cl)(Cl)Cl)OCC(Cl)(Cl)Cl)=P(c2ccccc2)(c2ccccc2)c2ccccc2)=N1.ClCCl.O=C(O)C(Br)CCCO.O=C1CCCCO1.O=C1OCCCC1Br.O=CCCC(Br)C(=O)O.OCC(Cl)(Cl)Cl. The number of aldehydes is 2. The Morgan fingerprint density at radius 1 is 0.520 bits per heavy atom. The fourth-order valence-corrected chi connectivity index (χ4v) is 17.1. The van der Waals surface area contributed by atoms with Crippen molar-refractivity contribution in [1.82, 2.24) is 0 Å². The highest BCUT2D eigenvalue weighted by Gasteiger charge is 2.39. The smallest absolute Gasteiger partial charge is 0.319 e. The Labute approximate surface area is 872 Å². The van der Waals surface area contributed by atoms with Crippen LogP contribution in [-0.2, 0) is 71.4 Å². The molecule has 24 nitrogen and oxygen atoms in total. The van der Waals surface area contributed by atoms with Crippen LogP contribution in [0.15, 0.2) is 106 Å². The van der Waals surface area contributed by atoms with Crippen molar-refractivity contribution in [2.75, 3.05) is 84.6 Å². The molecule has 0 spiro atoms. The molecule has 2 saturated heterocycles. The Morgan fingerprint density at radius 3 is 1.15 bits per heavy atom. The molecule has 0 aliphatic carbocycles. The van der Waals surface area contributed by atoms with Gasteiger partial charge < -0.3 is 83.5 Å². The minimum Gasteiger partial charge on any atom is -0.480 e. The van der Waals surface area contributed by atoms with Gasteiger partial charge in [0.2, 0.25) is 24.9 Å². The number of aliphatic imine (C=N–C) groups is 3. The van der Waals surface area contributed by atoms with Crippen LogP contribution in [0.1, 0.15) is 152 Å². The van der Waals surface area contributed by atoms with Crippen LogP contribution in [0.4, 0.5) is 0 Å². The molecule has 127 heavy (non-hydrogen) atoms. The lowest BCUT2D eigenvalue weighted by molar-refractivity contribution is -0.147. The number of benzene rings is 3. The molecular formula is C80H111Br5Cl17N4O20P. The van der Waals surface area contributed by atoms with Crippen LogP contribution < -0.4 is 21.6 Å². The first-order valence-corrected chi connectivity index (χ1v) is 51.8. The highest BCUT2D eigenvalue weighted by Crippen LogP contribution is 2.49. The summed E-state index contributed by atoms with van der Waals surface area (Å²) in [6.45, 7) is 15.0. The van der Waals surface area contributed by atoms with Gasteiger partial charge in [-0.2, -0.15) is 0 Å². The molecule has 5 unspecified atom stereocenters. The van der Waals surface area contributed by atoms with Crippen molar-refractivity contribution < 1.29 is 96.9 Å². The van der Waals surface area contributed by atoms with E-state index in [-0.39, 0.29) is 82.5 Å². The summed E-state index contributed by atoms with van der Waals surface area (Å²) in [6, 6.07) is 31.5. The number of alkyl halides is 22. The van der Waals surface area contributed by atoms with E-state index in [9.17, 15) is 28.8 Å². The van der Waals surface area contributed by atoms with Crippen LogP contribution in [0.5, 0.6) is 0 Å². The first kappa shape index (κ1) is 130. The van der Waals surface area contributed by atoms with E-state index >= 15 is 0 Å². The van der Waals surface area contributed by atoms with E-state index < -0.39 is 77.7 Å². The van der Waals surface area contributed by atoms with E-state index in [0.29, 0.717) is 115 Å². The van der Waals surface area contributed by atoms with E-state index in [4.69, 9.17) is 271 Å². The molecule has 0 saturated carbocycles. The topological polar surface area (TPSA) is 350 Å². The van der Waals surface area contributed by atoms with Crippen molar-refractivity contribution >= 4 is 359 Å². The van der Waals surface area contributed by atoms with Crippen molar-refractivity contribution in [2.45, 2.75) is 230 Å². The van der Waals surface area contributed by atoms with Crippen LogP contribution >= 0.6 is 284 Å². The normalized spacial score (nSPS) is 17.1. The molecule has 5 heterocycles. The van der Waals surface area contributed by atoms with Crippen LogP contribution in [0.2, 0.25) is 0 Å². The maximum atomic E-state index is 10.5. The van der Waals surface area contributed by atoms with Crippen molar-refractivity contribution in [2.24, 2.45) is 20.7 Å². The monoisotopic (exact) mass is 2470 g/mol. The number of nitrogens with zero attached hydrogens (tertiary/aromatic N) is 3. The Morgan fingerprint density at radius 2 is 0.874 bits per heavy atom. The summed E-state index contributed by atoms with van der Waals surface area (Å²) in [5, 5.41) is 45.8. The molecule has 730 valence electrons. The van der Waals surface area contributed by atoms with Gasteiger partial charge in [-0.1, -0.05) is 345 Å². The third-order valence-corrected chi connectivity index (χ3v) is 25.9. The third kappa shape index (κ3) is 66.0. The van der Waals surface area contributed by atoms with Crippen LogP contribution in [0.25, 0.3) is 0 Å². The molecule has 7 N–H and O–H groups in total. The molecular weight excluding hydrogens is 2370 g/mol. The number of aliphatic carboxylic acids is 2. The number of carbonyl (C=O) groups is 6. The summed E-state index contributed by atoms with van der Waals surface area (Å²) in [7, 11) is 0. The number of ether oxygens (including phenoxy) is 9. The van der Waals surface area contributed by atoms with Crippen molar-refractivity contribution in [3.8, 4) is 0 Å². The summed E-state index contributed by atoms with van der Waals surface area (Å²) in [5.74, 6) is 0.0440. The molecule has 5 aliphatic rings. The molecule has 5 aliphatic heterocycles. The van der Waals surface area contributed by atoms with Gasteiger partial charge in [-0.25, -0.2) is 15.0 Å². The maximum Gasteiger partial charge on any atom is 0.319 e. The predicted octanol–water partition coefficient (Wildman–Crippen LogP) is 21.7. The number of carbonyl (C=O) groups excluding carboxylic acids is 4. The average Bonchev–Trinajstić information content (AvgIpc) is 1.71. The summed E-state index contributed by atoms with van der Waals surface area (Å²) in [6.07, 6.45) is 9.51. The first-order chi connectivity index (χ1) is 58.7.